The van der Waals surface area contributed by atoms with Crippen LogP contribution in [0.15, 0.2) is 22.7 Å². The maximum absolute atomic E-state index is 4.91. The van der Waals surface area contributed by atoms with Crippen LogP contribution in [0.1, 0.15) is 17.4 Å². The molecular formula is C12H14N6O. The van der Waals surface area contributed by atoms with E-state index in [2.05, 4.69) is 25.5 Å². The average Bonchev–Trinajstić information content (AvgIpc) is 2.97. The van der Waals surface area contributed by atoms with Crippen molar-refractivity contribution in [2.75, 3.05) is 11.9 Å². The Morgan fingerprint density at radius 1 is 1.26 bits per heavy atom. The molecule has 0 amide bonds. The van der Waals surface area contributed by atoms with E-state index in [1.54, 1.807) is 11.4 Å². The molecule has 0 unspecified atom stereocenters. The number of nitrogens with zero attached hydrogens (tertiary/aromatic N) is 5. The molecule has 19 heavy (non-hydrogen) atoms. The number of fused-ring (bicyclic) bond motifs is 1. The summed E-state index contributed by atoms with van der Waals surface area (Å²) in [5.74, 6) is 1.87. The highest BCUT2D eigenvalue weighted by Gasteiger charge is 2.05. The summed E-state index contributed by atoms with van der Waals surface area (Å²) in [4.78, 5) is 8.52. The van der Waals surface area contributed by atoms with Crippen molar-refractivity contribution in [3.63, 3.8) is 0 Å². The van der Waals surface area contributed by atoms with Crippen molar-refractivity contribution < 1.29 is 4.52 Å². The van der Waals surface area contributed by atoms with Crippen molar-refractivity contribution >= 4 is 11.6 Å². The van der Waals surface area contributed by atoms with E-state index in [4.69, 9.17) is 4.52 Å². The largest absolute Gasteiger partial charge is 0.352 e. The quantitative estimate of drug-likeness (QED) is 0.761. The Hall–Kier alpha value is -2.44. The first-order chi connectivity index (χ1) is 9.22. The average molecular weight is 258 g/mol. The van der Waals surface area contributed by atoms with Gasteiger partial charge in [0.1, 0.15) is 0 Å². The lowest BCUT2D eigenvalue weighted by molar-refractivity contribution is 0.387. The fourth-order valence-corrected chi connectivity index (χ4v) is 1.84. The zero-order chi connectivity index (χ0) is 13.2. The number of aromatic nitrogens is 5. The summed E-state index contributed by atoms with van der Waals surface area (Å²) >= 11 is 0. The maximum atomic E-state index is 4.91. The van der Waals surface area contributed by atoms with Gasteiger partial charge in [0.05, 0.1) is 0 Å². The summed E-state index contributed by atoms with van der Waals surface area (Å²) in [6.45, 7) is 4.43. The van der Waals surface area contributed by atoms with Crippen LogP contribution in [0.4, 0.5) is 5.95 Å². The summed E-state index contributed by atoms with van der Waals surface area (Å²) in [5.41, 5.74) is 1.88. The second kappa shape index (κ2) is 4.68. The molecule has 0 spiro atoms. The number of rotatable bonds is 4. The fourth-order valence-electron chi connectivity index (χ4n) is 1.84. The molecule has 0 aliphatic rings. The second-order valence-corrected chi connectivity index (χ2v) is 4.28. The summed E-state index contributed by atoms with van der Waals surface area (Å²) in [5, 5.41) is 11.4. The van der Waals surface area contributed by atoms with Crippen molar-refractivity contribution in [1.29, 1.82) is 0 Å². The molecule has 1 N–H and O–H groups in total. The van der Waals surface area contributed by atoms with Crippen molar-refractivity contribution in [2.24, 2.45) is 0 Å². The Morgan fingerprint density at radius 2 is 2.16 bits per heavy atom. The molecule has 98 valence electrons. The van der Waals surface area contributed by atoms with Gasteiger partial charge >= 0.3 is 0 Å². The topological polar surface area (TPSA) is 81.1 Å². The van der Waals surface area contributed by atoms with Gasteiger partial charge in [-0.15, -0.1) is 5.10 Å². The van der Waals surface area contributed by atoms with Gasteiger partial charge in [0.2, 0.25) is 11.8 Å². The Bertz CT molecular complexity index is 701. The van der Waals surface area contributed by atoms with Gasteiger partial charge in [-0.1, -0.05) is 11.2 Å². The predicted octanol–water partition coefficient (Wildman–Crippen LogP) is 1.38. The van der Waals surface area contributed by atoms with Crippen LogP contribution < -0.4 is 5.32 Å². The lowest BCUT2D eigenvalue weighted by Crippen LogP contribution is -2.07. The molecule has 0 bridgehead atoms. The zero-order valence-electron chi connectivity index (χ0n) is 10.8. The van der Waals surface area contributed by atoms with Crippen molar-refractivity contribution in [3.05, 3.63) is 35.6 Å². The van der Waals surface area contributed by atoms with Crippen LogP contribution in [0.25, 0.3) is 5.65 Å². The first-order valence-corrected chi connectivity index (χ1v) is 6.08. The highest BCUT2D eigenvalue weighted by atomic mass is 16.5. The molecule has 0 radical (unpaired) electrons. The molecule has 0 saturated carbocycles. The van der Waals surface area contributed by atoms with Crippen LogP contribution in [-0.2, 0) is 6.42 Å². The number of hydrogen-bond acceptors (Lipinski definition) is 6. The van der Waals surface area contributed by atoms with Gasteiger partial charge < -0.3 is 9.84 Å². The molecule has 3 aromatic rings. The van der Waals surface area contributed by atoms with Crippen LogP contribution in [0, 0.1) is 13.8 Å². The number of hydrogen-bond donors (Lipinski definition) is 1. The summed E-state index contributed by atoms with van der Waals surface area (Å²) in [6, 6.07) is 5.88. The van der Waals surface area contributed by atoms with Gasteiger partial charge in [0.15, 0.2) is 11.5 Å². The molecule has 3 heterocycles. The Kier molecular flexibility index (Phi) is 2.86. The van der Waals surface area contributed by atoms with E-state index in [1.165, 1.54) is 0 Å². The lowest BCUT2D eigenvalue weighted by atomic mass is 10.4. The minimum Gasteiger partial charge on any atom is -0.352 e. The van der Waals surface area contributed by atoms with E-state index >= 15 is 0 Å². The summed E-state index contributed by atoms with van der Waals surface area (Å²) < 4.78 is 6.71. The summed E-state index contributed by atoms with van der Waals surface area (Å²) in [6.07, 6.45) is 0.672. The minimum absolute atomic E-state index is 0.580. The van der Waals surface area contributed by atoms with Crippen LogP contribution in [0.2, 0.25) is 0 Å². The summed E-state index contributed by atoms with van der Waals surface area (Å²) in [7, 11) is 0. The van der Waals surface area contributed by atoms with Gasteiger partial charge in [-0.3, -0.25) is 0 Å². The van der Waals surface area contributed by atoms with E-state index in [9.17, 15) is 0 Å². The van der Waals surface area contributed by atoms with E-state index in [0.717, 1.165) is 11.3 Å². The van der Waals surface area contributed by atoms with E-state index < -0.39 is 0 Å². The maximum Gasteiger partial charge on any atom is 0.243 e. The standard InChI is InChI=1S/C12H14N6O/c1-8-4-3-5-11-15-12(16-18(8)11)13-7-6-10-14-9(2)19-17-10/h3-5H,6-7H2,1-2H3,(H,13,16). The minimum atomic E-state index is 0.580. The molecule has 0 saturated heterocycles. The van der Waals surface area contributed by atoms with Crippen LogP contribution in [-0.4, -0.2) is 31.3 Å². The third-order valence-electron chi connectivity index (χ3n) is 2.75. The zero-order valence-corrected chi connectivity index (χ0v) is 10.8. The van der Waals surface area contributed by atoms with Crippen molar-refractivity contribution in [3.8, 4) is 0 Å². The molecular weight excluding hydrogens is 244 g/mol. The molecule has 0 aliphatic heterocycles. The molecule has 0 aromatic carbocycles. The van der Waals surface area contributed by atoms with Crippen LogP contribution in [0.3, 0.4) is 0 Å². The van der Waals surface area contributed by atoms with Crippen molar-refractivity contribution in [2.45, 2.75) is 20.3 Å². The van der Waals surface area contributed by atoms with Crippen molar-refractivity contribution in [1.82, 2.24) is 24.7 Å². The third kappa shape index (κ3) is 2.40. The molecule has 0 fully saturated rings. The lowest BCUT2D eigenvalue weighted by Gasteiger charge is -1.97. The highest BCUT2D eigenvalue weighted by molar-refractivity contribution is 5.44. The van der Waals surface area contributed by atoms with E-state index in [-0.39, 0.29) is 0 Å². The fraction of sp³-hybridized carbons (Fsp3) is 0.333. The first-order valence-electron chi connectivity index (χ1n) is 6.08. The van der Waals surface area contributed by atoms with Gasteiger partial charge in [-0.25, -0.2) is 4.52 Å². The smallest absolute Gasteiger partial charge is 0.243 e. The van der Waals surface area contributed by atoms with Gasteiger partial charge in [0.25, 0.3) is 0 Å². The van der Waals surface area contributed by atoms with Crippen LogP contribution >= 0.6 is 0 Å². The molecule has 7 heteroatoms. The SMILES string of the molecule is Cc1nc(CCNc2nc3cccc(C)n3n2)no1. The normalized spacial score (nSPS) is 11.1. The Morgan fingerprint density at radius 3 is 2.89 bits per heavy atom. The number of pyridine rings is 1. The molecule has 3 aromatic heterocycles. The second-order valence-electron chi connectivity index (χ2n) is 4.28. The third-order valence-corrected chi connectivity index (χ3v) is 2.75. The van der Waals surface area contributed by atoms with Gasteiger partial charge in [0, 0.05) is 25.6 Å². The molecule has 3 rings (SSSR count). The van der Waals surface area contributed by atoms with Gasteiger partial charge in [-0.05, 0) is 19.1 Å². The van der Waals surface area contributed by atoms with Gasteiger partial charge in [-0.2, -0.15) is 9.97 Å². The van der Waals surface area contributed by atoms with Crippen LogP contribution in [0.5, 0.6) is 0 Å². The number of nitrogens with one attached hydrogen (secondary N) is 1. The Balaban J connectivity index is 1.67. The number of aryl methyl sites for hydroxylation is 2. The predicted molar refractivity (Wildman–Crippen MR) is 69.0 cm³/mol. The highest BCUT2D eigenvalue weighted by Crippen LogP contribution is 2.07. The van der Waals surface area contributed by atoms with E-state index in [0.29, 0.717) is 30.6 Å². The first kappa shape index (κ1) is 11.6. The Labute approximate surface area is 109 Å². The molecule has 0 aliphatic carbocycles. The molecule has 7 nitrogen and oxygen atoms in total. The molecule has 0 atom stereocenters. The number of anilines is 1. The van der Waals surface area contributed by atoms with E-state index in [1.807, 2.05) is 25.1 Å². The monoisotopic (exact) mass is 258 g/mol.